The SMILES string of the molecule is COc1ccc(CN(C(=S)Nc2cccc(C)c2)C2CC2)cc1. The van der Waals surface area contributed by atoms with E-state index >= 15 is 0 Å². The number of ether oxygens (including phenoxy) is 1. The molecule has 0 heterocycles. The second-order valence-electron chi connectivity index (χ2n) is 6.01. The van der Waals surface area contributed by atoms with E-state index in [0.717, 1.165) is 23.1 Å². The zero-order chi connectivity index (χ0) is 16.2. The summed E-state index contributed by atoms with van der Waals surface area (Å²) < 4.78 is 5.22. The van der Waals surface area contributed by atoms with Gasteiger partial charge in [-0.1, -0.05) is 24.3 Å². The van der Waals surface area contributed by atoms with E-state index < -0.39 is 0 Å². The fourth-order valence-electron chi connectivity index (χ4n) is 2.60. The molecule has 0 atom stereocenters. The summed E-state index contributed by atoms with van der Waals surface area (Å²) in [5.74, 6) is 0.882. The van der Waals surface area contributed by atoms with Crippen molar-refractivity contribution in [2.75, 3.05) is 12.4 Å². The number of hydrogen-bond acceptors (Lipinski definition) is 2. The van der Waals surface area contributed by atoms with Crippen molar-refractivity contribution in [2.24, 2.45) is 0 Å². The molecule has 4 heteroatoms. The highest BCUT2D eigenvalue weighted by Gasteiger charge is 2.30. The number of benzene rings is 2. The first-order valence-corrected chi connectivity index (χ1v) is 8.34. The minimum absolute atomic E-state index is 0.557. The molecule has 0 radical (unpaired) electrons. The van der Waals surface area contributed by atoms with Gasteiger partial charge in [-0.3, -0.25) is 0 Å². The third-order valence-electron chi connectivity index (χ3n) is 4.03. The van der Waals surface area contributed by atoms with Gasteiger partial charge in [0.1, 0.15) is 5.75 Å². The molecule has 1 fully saturated rings. The molecule has 0 bridgehead atoms. The van der Waals surface area contributed by atoms with E-state index in [4.69, 9.17) is 17.0 Å². The Labute approximate surface area is 143 Å². The van der Waals surface area contributed by atoms with Gasteiger partial charge in [0, 0.05) is 18.3 Å². The number of thiocarbonyl (C=S) groups is 1. The molecule has 0 saturated heterocycles. The zero-order valence-corrected chi connectivity index (χ0v) is 14.4. The van der Waals surface area contributed by atoms with Crippen LogP contribution in [0.1, 0.15) is 24.0 Å². The molecule has 0 aliphatic heterocycles. The Kier molecular flexibility index (Phi) is 4.82. The molecule has 2 aromatic rings. The van der Waals surface area contributed by atoms with Crippen LogP contribution in [0.3, 0.4) is 0 Å². The number of nitrogens with one attached hydrogen (secondary N) is 1. The summed E-state index contributed by atoms with van der Waals surface area (Å²) in [6.45, 7) is 2.91. The van der Waals surface area contributed by atoms with Crippen LogP contribution in [0.25, 0.3) is 0 Å². The fourth-order valence-corrected chi connectivity index (χ4v) is 2.93. The summed E-state index contributed by atoms with van der Waals surface area (Å²) in [6.07, 6.45) is 2.43. The Balaban J connectivity index is 1.69. The van der Waals surface area contributed by atoms with E-state index in [-0.39, 0.29) is 0 Å². The van der Waals surface area contributed by atoms with Gasteiger partial charge in [-0.05, 0) is 67.4 Å². The second-order valence-corrected chi connectivity index (χ2v) is 6.39. The monoisotopic (exact) mass is 326 g/mol. The topological polar surface area (TPSA) is 24.5 Å². The van der Waals surface area contributed by atoms with Crippen molar-refractivity contribution in [1.82, 2.24) is 4.90 Å². The van der Waals surface area contributed by atoms with Crippen molar-refractivity contribution in [3.8, 4) is 5.75 Å². The summed E-state index contributed by atoms with van der Waals surface area (Å²) in [6, 6.07) is 17.1. The molecule has 2 aromatic carbocycles. The lowest BCUT2D eigenvalue weighted by molar-refractivity contribution is 0.405. The van der Waals surface area contributed by atoms with Crippen LogP contribution < -0.4 is 10.1 Å². The molecule has 0 amide bonds. The highest BCUT2D eigenvalue weighted by molar-refractivity contribution is 7.80. The lowest BCUT2D eigenvalue weighted by Gasteiger charge is -2.26. The van der Waals surface area contributed by atoms with Crippen LogP contribution in [0.5, 0.6) is 5.75 Å². The number of hydrogen-bond donors (Lipinski definition) is 1. The standard InChI is InChI=1S/C19H22N2OS/c1-14-4-3-5-16(12-14)20-19(23)21(17-8-9-17)13-15-6-10-18(22-2)11-7-15/h3-7,10-12,17H,8-9,13H2,1-2H3,(H,20,23). The van der Waals surface area contributed by atoms with Crippen molar-refractivity contribution in [3.05, 3.63) is 59.7 Å². The fraction of sp³-hybridized carbons (Fsp3) is 0.316. The van der Waals surface area contributed by atoms with Crippen molar-refractivity contribution >= 4 is 23.0 Å². The average molecular weight is 326 g/mol. The summed E-state index contributed by atoms with van der Waals surface area (Å²) in [5, 5.41) is 4.18. The summed E-state index contributed by atoms with van der Waals surface area (Å²) >= 11 is 5.65. The normalized spacial score (nSPS) is 13.5. The van der Waals surface area contributed by atoms with Crippen LogP contribution in [-0.2, 0) is 6.54 Å². The van der Waals surface area contributed by atoms with E-state index in [1.165, 1.54) is 24.0 Å². The van der Waals surface area contributed by atoms with Gasteiger partial charge in [-0.2, -0.15) is 0 Å². The number of anilines is 1. The molecule has 1 saturated carbocycles. The van der Waals surface area contributed by atoms with Gasteiger partial charge in [-0.25, -0.2) is 0 Å². The van der Waals surface area contributed by atoms with Crippen molar-refractivity contribution in [1.29, 1.82) is 0 Å². The van der Waals surface area contributed by atoms with Crippen LogP contribution in [0, 0.1) is 6.92 Å². The van der Waals surface area contributed by atoms with E-state index in [1.807, 2.05) is 18.2 Å². The Morgan fingerprint density at radius 1 is 1.22 bits per heavy atom. The molecule has 0 aromatic heterocycles. The van der Waals surface area contributed by atoms with Gasteiger partial charge in [0.05, 0.1) is 7.11 Å². The summed E-state index contributed by atoms with van der Waals surface area (Å²) in [5.41, 5.74) is 3.52. The first kappa shape index (κ1) is 15.8. The number of rotatable bonds is 5. The van der Waals surface area contributed by atoms with Crippen molar-refractivity contribution in [3.63, 3.8) is 0 Å². The third kappa shape index (κ3) is 4.23. The maximum Gasteiger partial charge on any atom is 0.173 e. The molecule has 3 nitrogen and oxygen atoms in total. The molecule has 1 aliphatic rings. The van der Waals surface area contributed by atoms with Gasteiger partial charge < -0.3 is 15.0 Å². The lowest BCUT2D eigenvalue weighted by Crippen LogP contribution is -2.36. The van der Waals surface area contributed by atoms with Gasteiger partial charge in [0.2, 0.25) is 0 Å². The van der Waals surface area contributed by atoms with Crippen LogP contribution in [0.15, 0.2) is 48.5 Å². The van der Waals surface area contributed by atoms with Gasteiger partial charge in [-0.15, -0.1) is 0 Å². The molecule has 1 aliphatic carbocycles. The van der Waals surface area contributed by atoms with Gasteiger partial charge in [0.25, 0.3) is 0 Å². The highest BCUT2D eigenvalue weighted by Crippen LogP contribution is 2.29. The first-order chi connectivity index (χ1) is 11.2. The molecule has 0 spiro atoms. The van der Waals surface area contributed by atoms with Crippen LogP contribution in [0.2, 0.25) is 0 Å². The molecule has 1 N–H and O–H groups in total. The van der Waals surface area contributed by atoms with Gasteiger partial charge >= 0.3 is 0 Å². The van der Waals surface area contributed by atoms with Crippen molar-refractivity contribution < 1.29 is 4.74 Å². The highest BCUT2D eigenvalue weighted by atomic mass is 32.1. The number of nitrogens with zero attached hydrogens (tertiary/aromatic N) is 1. The molecule has 3 rings (SSSR count). The van der Waals surface area contributed by atoms with Gasteiger partial charge in [0.15, 0.2) is 5.11 Å². The largest absolute Gasteiger partial charge is 0.497 e. The molecular formula is C19H22N2OS. The van der Waals surface area contributed by atoms with Crippen LogP contribution in [0.4, 0.5) is 5.69 Å². The summed E-state index contributed by atoms with van der Waals surface area (Å²) in [7, 11) is 1.69. The predicted molar refractivity (Wildman–Crippen MR) is 99.0 cm³/mol. The first-order valence-electron chi connectivity index (χ1n) is 7.93. The maximum absolute atomic E-state index is 5.65. The minimum Gasteiger partial charge on any atom is -0.497 e. The number of aryl methyl sites for hydroxylation is 1. The quantitative estimate of drug-likeness (QED) is 0.825. The third-order valence-corrected chi connectivity index (χ3v) is 4.37. The number of methoxy groups -OCH3 is 1. The van der Waals surface area contributed by atoms with E-state index in [0.29, 0.717) is 6.04 Å². The smallest absolute Gasteiger partial charge is 0.173 e. The molecule has 0 unspecified atom stereocenters. The second kappa shape index (κ2) is 7.01. The Bertz CT molecular complexity index is 680. The van der Waals surface area contributed by atoms with Crippen LogP contribution >= 0.6 is 12.2 Å². The average Bonchev–Trinajstić information content (AvgIpc) is 3.38. The lowest BCUT2D eigenvalue weighted by atomic mass is 10.2. The van der Waals surface area contributed by atoms with E-state index in [1.54, 1.807) is 7.11 Å². The Morgan fingerprint density at radius 3 is 2.57 bits per heavy atom. The predicted octanol–water partition coefficient (Wildman–Crippen LogP) is 4.37. The minimum atomic E-state index is 0.557. The Hall–Kier alpha value is -2.07. The van der Waals surface area contributed by atoms with E-state index in [2.05, 4.69) is 47.5 Å². The zero-order valence-electron chi connectivity index (χ0n) is 13.6. The molecular weight excluding hydrogens is 304 g/mol. The molecule has 120 valence electrons. The Morgan fingerprint density at radius 2 is 1.96 bits per heavy atom. The van der Waals surface area contributed by atoms with E-state index in [9.17, 15) is 0 Å². The maximum atomic E-state index is 5.65. The van der Waals surface area contributed by atoms with Crippen molar-refractivity contribution in [2.45, 2.75) is 32.4 Å². The molecule has 23 heavy (non-hydrogen) atoms. The van der Waals surface area contributed by atoms with Crippen LogP contribution in [-0.4, -0.2) is 23.2 Å². The summed E-state index contributed by atoms with van der Waals surface area (Å²) in [4.78, 5) is 2.29.